The van der Waals surface area contributed by atoms with Gasteiger partial charge in [0, 0.05) is 19.5 Å². The van der Waals surface area contributed by atoms with Crippen molar-refractivity contribution in [2.75, 3.05) is 20.3 Å². The molecule has 1 amide bonds. The number of rotatable bonds is 15. The number of imidazole rings is 1. The van der Waals surface area contributed by atoms with Crippen molar-refractivity contribution in [3.8, 4) is 11.5 Å². The maximum atomic E-state index is 12.2. The number of hydrogen-bond acceptors (Lipinski definition) is 4. The molecule has 0 atom stereocenters. The summed E-state index contributed by atoms with van der Waals surface area (Å²) in [6.07, 6.45) is 6.43. The monoisotopic (exact) mass is 513 g/mol. The molecule has 4 aromatic rings. The first kappa shape index (κ1) is 27.2. The molecule has 0 aliphatic heterocycles. The van der Waals surface area contributed by atoms with Crippen LogP contribution in [-0.4, -0.2) is 35.7 Å². The predicted molar refractivity (Wildman–Crippen MR) is 153 cm³/mol. The number of nitrogens with one attached hydrogen (secondary N) is 1. The van der Waals surface area contributed by atoms with E-state index in [9.17, 15) is 4.79 Å². The third-order valence-corrected chi connectivity index (χ3v) is 6.72. The molecular formula is C32H39N3O3. The summed E-state index contributed by atoms with van der Waals surface area (Å²) in [6, 6.07) is 24.2. The molecule has 200 valence electrons. The molecule has 0 aliphatic carbocycles. The Morgan fingerprint density at radius 3 is 2.42 bits per heavy atom. The number of hydrogen-bond donors (Lipinski definition) is 1. The van der Waals surface area contributed by atoms with Crippen molar-refractivity contribution in [3.05, 3.63) is 89.7 Å². The zero-order valence-corrected chi connectivity index (χ0v) is 22.6. The molecule has 0 fully saturated rings. The zero-order valence-electron chi connectivity index (χ0n) is 22.6. The first-order valence-corrected chi connectivity index (χ1v) is 13.7. The van der Waals surface area contributed by atoms with E-state index in [0.29, 0.717) is 13.0 Å². The van der Waals surface area contributed by atoms with Gasteiger partial charge in [-0.25, -0.2) is 4.98 Å². The van der Waals surface area contributed by atoms with Crippen molar-refractivity contribution in [3.63, 3.8) is 0 Å². The van der Waals surface area contributed by atoms with E-state index in [1.54, 1.807) is 7.11 Å². The molecule has 1 N–H and O–H groups in total. The van der Waals surface area contributed by atoms with Gasteiger partial charge in [-0.2, -0.15) is 0 Å². The molecule has 4 rings (SSSR count). The number of benzene rings is 3. The molecule has 0 saturated heterocycles. The highest BCUT2D eigenvalue weighted by molar-refractivity contribution is 5.78. The highest BCUT2D eigenvalue weighted by Crippen LogP contribution is 2.19. The third-order valence-electron chi connectivity index (χ3n) is 6.72. The predicted octanol–water partition coefficient (Wildman–Crippen LogP) is 6.28. The highest BCUT2D eigenvalue weighted by atomic mass is 16.5. The summed E-state index contributed by atoms with van der Waals surface area (Å²) >= 11 is 0. The van der Waals surface area contributed by atoms with Gasteiger partial charge in [0.05, 0.1) is 31.2 Å². The second-order valence-electron chi connectivity index (χ2n) is 9.72. The molecule has 0 unspecified atom stereocenters. The Bertz CT molecular complexity index is 1280. The topological polar surface area (TPSA) is 65.4 Å². The van der Waals surface area contributed by atoms with E-state index in [4.69, 9.17) is 14.5 Å². The van der Waals surface area contributed by atoms with E-state index >= 15 is 0 Å². The average molecular weight is 514 g/mol. The number of aryl methyl sites for hydroxylation is 3. The van der Waals surface area contributed by atoms with Gasteiger partial charge in [0.2, 0.25) is 5.91 Å². The fourth-order valence-electron chi connectivity index (χ4n) is 4.57. The Kier molecular flexibility index (Phi) is 10.2. The van der Waals surface area contributed by atoms with Gasteiger partial charge in [0.25, 0.3) is 0 Å². The number of fused-ring (bicyclic) bond motifs is 1. The maximum absolute atomic E-state index is 12.2. The number of carbonyl (C=O) groups excluding carboxylic acids is 1. The number of para-hydroxylation sites is 2. The summed E-state index contributed by atoms with van der Waals surface area (Å²) in [5.41, 5.74) is 4.49. The van der Waals surface area contributed by atoms with Gasteiger partial charge in [0.1, 0.15) is 17.3 Å². The van der Waals surface area contributed by atoms with E-state index in [0.717, 1.165) is 80.1 Å². The lowest BCUT2D eigenvalue weighted by Gasteiger charge is -2.11. The number of carbonyl (C=O) groups is 1. The summed E-state index contributed by atoms with van der Waals surface area (Å²) in [6.45, 7) is 4.44. The molecule has 3 aromatic carbocycles. The largest absolute Gasteiger partial charge is 0.497 e. The Labute approximate surface area is 226 Å². The van der Waals surface area contributed by atoms with Crippen molar-refractivity contribution in [1.82, 2.24) is 14.9 Å². The Morgan fingerprint density at radius 1 is 0.868 bits per heavy atom. The summed E-state index contributed by atoms with van der Waals surface area (Å²) in [7, 11) is 1.64. The second kappa shape index (κ2) is 14.2. The van der Waals surface area contributed by atoms with Crippen LogP contribution < -0.4 is 14.8 Å². The minimum atomic E-state index is 0.0586. The number of nitrogens with zero attached hydrogens (tertiary/aromatic N) is 2. The van der Waals surface area contributed by atoms with Crippen LogP contribution in [0.25, 0.3) is 11.0 Å². The quantitative estimate of drug-likeness (QED) is 0.190. The average Bonchev–Trinajstić information content (AvgIpc) is 3.29. The van der Waals surface area contributed by atoms with Crippen LogP contribution in [0.1, 0.15) is 49.1 Å². The minimum Gasteiger partial charge on any atom is -0.497 e. The maximum Gasteiger partial charge on any atom is 0.224 e. The van der Waals surface area contributed by atoms with Crippen molar-refractivity contribution in [1.29, 1.82) is 0 Å². The molecule has 1 aromatic heterocycles. The number of aromatic nitrogens is 2. The number of ether oxygens (including phenoxy) is 2. The zero-order chi connectivity index (χ0) is 26.6. The van der Waals surface area contributed by atoms with Gasteiger partial charge in [-0.3, -0.25) is 4.79 Å². The first-order valence-electron chi connectivity index (χ1n) is 13.7. The van der Waals surface area contributed by atoms with Crippen LogP contribution in [-0.2, 0) is 24.2 Å². The van der Waals surface area contributed by atoms with E-state index in [1.807, 2.05) is 42.5 Å². The third kappa shape index (κ3) is 8.10. The lowest BCUT2D eigenvalue weighted by atomic mass is 10.1. The molecule has 1 heterocycles. The molecule has 38 heavy (non-hydrogen) atoms. The molecule has 0 bridgehead atoms. The first-order chi connectivity index (χ1) is 18.6. The van der Waals surface area contributed by atoms with Crippen LogP contribution in [0.4, 0.5) is 0 Å². The van der Waals surface area contributed by atoms with Gasteiger partial charge in [0.15, 0.2) is 0 Å². The standard InChI is InChI=1S/C32H39N3O3/c1-25-13-17-28(18-14-25)38-23-9-8-22-35-30-11-6-5-10-29(30)34-31(35)12-4-3-7-21-33-32(36)24-26-15-19-27(37-2)20-16-26/h5-6,10-11,13-20H,3-4,7-9,12,21-24H2,1-2H3,(H,33,36). The van der Waals surface area contributed by atoms with Crippen molar-refractivity contribution in [2.24, 2.45) is 0 Å². The summed E-state index contributed by atoms with van der Waals surface area (Å²) in [5.74, 6) is 2.94. The Morgan fingerprint density at radius 2 is 1.63 bits per heavy atom. The summed E-state index contributed by atoms with van der Waals surface area (Å²) in [5, 5.41) is 3.04. The molecule has 0 spiro atoms. The lowest BCUT2D eigenvalue weighted by molar-refractivity contribution is -0.120. The van der Waals surface area contributed by atoms with Gasteiger partial charge < -0.3 is 19.4 Å². The van der Waals surface area contributed by atoms with Crippen LogP contribution in [0.15, 0.2) is 72.8 Å². The molecule has 0 saturated carbocycles. The van der Waals surface area contributed by atoms with Crippen LogP contribution in [0.5, 0.6) is 11.5 Å². The van der Waals surface area contributed by atoms with Crippen LogP contribution in [0.3, 0.4) is 0 Å². The molecular weight excluding hydrogens is 474 g/mol. The van der Waals surface area contributed by atoms with Gasteiger partial charge in [-0.15, -0.1) is 0 Å². The summed E-state index contributed by atoms with van der Waals surface area (Å²) in [4.78, 5) is 17.2. The minimum absolute atomic E-state index is 0.0586. The van der Waals surface area contributed by atoms with E-state index < -0.39 is 0 Å². The number of methoxy groups -OCH3 is 1. The normalized spacial score (nSPS) is 11.0. The summed E-state index contributed by atoms with van der Waals surface area (Å²) < 4.78 is 13.4. The lowest BCUT2D eigenvalue weighted by Crippen LogP contribution is -2.26. The smallest absolute Gasteiger partial charge is 0.224 e. The van der Waals surface area contributed by atoms with Gasteiger partial charge in [-0.05, 0) is 74.6 Å². The fourth-order valence-corrected chi connectivity index (χ4v) is 4.57. The Hall–Kier alpha value is -3.80. The van der Waals surface area contributed by atoms with E-state index in [-0.39, 0.29) is 5.91 Å². The highest BCUT2D eigenvalue weighted by Gasteiger charge is 2.10. The molecule has 6 heteroatoms. The van der Waals surface area contributed by atoms with Crippen molar-refractivity contribution < 1.29 is 14.3 Å². The van der Waals surface area contributed by atoms with Crippen LogP contribution >= 0.6 is 0 Å². The van der Waals surface area contributed by atoms with Crippen molar-refractivity contribution in [2.45, 2.75) is 58.4 Å². The molecule has 6 nitrogen and oxygen atoms in total. The fraction of sp³-hybridized carbons (Fsp3) is 0.375. The van der Waals surface area contributed by atoms with E-state index in [1.165, 1.54) is 11.1 Å². The number of amides is 1. The van der Waals surface area contributed by atoms with Gasteiger partial charge >= 0.3 is 0 Å². The molecule has 0 radical (unpaired) electrons. The van der Waals surface area contributed by atoms with Gasteiger partial charge in [-0.1, -0.05) is 48.4 Å². The second-order valence-corrected chi connectivity index (χ2v) is 9.72. The van der Waals surface area contributed by atoms with Crippen LogP contribution in [0, 0.1) is 6.92 Å². The molecule has 0 aliphatic rings. The Balaban J connectivity index is 1.17. The van der Waals surface area contributed by atoms with E-state index in [2.05, 4.69) is 47.1 Å². The van der Waals surface area contributed by atoms with Crippen molar-refractivity contribution >= 4 is 16.9 Å². The number of unbranched alkanes of at least 4 members (excludes halogenated alkanes) is 3. The van der Waals surface area contributed by atoms with Crippen LogP contribution in [0.2, 0.25) is 0 Å². The SMILES string of the molecule is COc1ccc(CC(=O)NCCCCCc2nc3ccccc3n2CCCCOc2ccc(C)cc2)cc1.